The Morgan fingerprint density at radius 2 is 1.87 bits per heavy atom. The molecule has 1 aromatic carbocycles. The minimum atomic E-state index is 0.828. The number of benzene rings is 1. The van der Waals surface area contributed by atoms with E-state index in [0.29, 0.717) is 0 Å². The molecule has 0 saturated heterocycles. The molecule has 15 heavy (non-hydrogen) atoms. The maximum atomic E-state index is 5.25. The van der Waals surface area contributed by atoms with E-state index in [2.05, 4.69) is 42.3 Å². The molecule has 0 spiro atoms. The van der Waals surface area contributed by atoms with Gasteiger partial charge in [-0.25, -0.2) is 0 Å². The molecule has 0 bridgehead atoms. The molecule has 0 aliphatic heterocycles. The monoisotopic (exact) mass is 212 g/mol. The van der Waals surface area contributed by atoms with Crippen LogP contribution in [0.15, 0.2) is 42.5 Å². The summed E-state index contributed by atoms with van der Waals surface area (Å²) in [5.74, 6) is 2.67. The highest BCUT2D eigenvalue weighted by Gasteiger charge is 2.01. The molecule has 0 saturated carbocycles. The van der Waals surface area contributed by atoms with Crippen LogP contribution in [0.25, 0.3) is 10.4 Å². The van der Waals surface area contributed by atoms with Gasteiger partial charge in [0.2, 0.25) is 0 Å². The number of rotatable bonds is 3. The lowest BCUT2D eigenvalue weighted by Gasteiger charge is -1.94. The standard InChI is InChI=1S/C14H12S/c1-2-3-9-13-10-11-14(15-13)12-7-5-4-6-8-12/h1,4-8,10-11H,3,9H2. The van der Waals surface area contributed by atoms with Gasteiger partial charge in [0.25, 0.3) is 0 Å². The fourth-order valence-electron chi connectivity index (χ4n) is 1.47. The quantitative estimate of drug-likeness (QED) is 0.675. The summed E-state index contributed by atoms with van der Waals surface area (Å²) in [7, 11) is 0. The second-order valence-electron chi connectivity index (χ2n) is 3.34. The molecular weight excluding hydrogens is 200 g/mol. The molecule has 74 valence electrons. The average Bonchev–Trinajstić information content (AvgIpc) is 2.76. The molecule has 0 nitrogen and oxygen atoms in total. The lowest BCUT2D eigenvalue weighted by molar-refractivity contribution is 1.06. The number of aryl methyl sites for hydroxylation is 1. The minimum Gasteiger partial charge on any atom is -0.140 e. The lowest BCUT2D eigenvalue weighted by atomic mass is 10.2. The van der Waals surface area contributed by atoms with Gasteiger partial charge in [-0.2, -0.15) is 0 Å². The van der Waals surface area contributed by atoms with Crippen molar-refractivity contribution >= 4 is 11.3 Å². The van der Waals surface area contributed by atoms with Gasteiger partial charge in [0.1, 0.15) is 0 Å². The van der Waals surface area contributed by atoms with Gasteiger partial charge >= 0.3 is 0 Å². The van der Waals surface area contributed by atoms with Crippen LogP contribution in [0, 0.1) is 12.3 Å². The van der Waals surface area contributed by atoms with Gasteiger partial charge < -0.3 is 0 Å². The molecule has 0 N–H and O–H groups in total. The summed E-state index contributed by atoms with van der Waals surface area (Å²) in [5.41, 5.74) is 1.29. The molecule has 1 heteroatoms. The fourth-order valence-corrected chi connectivity index (χ4v) is 2.48. The van der Waals surface area contributed by atoms with Crippen LogP contribution in [0.3, 0.4) is 0 Å². The summed E-state index contributed by atoms with van der Waals surface area (Å²) in [6.07, 6.45) is 7.07. The van der Waals surface area contributed by atoms with E-state index in [0.717, 1.165) is 12.8 Å². The predicted octanol–water partition coefficient (Wildman–Crippen LogP) is 3.98. The summed E-state index contributed by atoms with van der Waals surface area (Å²) < 4.78 is 0. The van der Waals surface area contributed by atoms with Crippen LogP contribution in [-0.2, 0) is 6.42 Å². The Morgan fingerprint density at radius 1 is 1.07 bits per heavy atom. The molecule has 0 aliphatic rings. The first-order valence-corrected chi connectivity index (χ1v) is 5.79. The molecule has 0 fully saturated rings. The second kappa shape index (κ2) is 4.82. The summed E-state index contributed by atoms with van der Waals surface area (Å²) in [5, 5.41) is 0. The Balaban J connectivity index is 2.18. The first-order chi connectivity index (χ1) is 7.40. The summed E-state index contributed by atoms with van der Waals surface area (Å²) in [4.78, 5) is 2.69. The molecule has 1 aromatic heterocycles. The van der Waals surface area contributed by atoms with Crippen LogP contribution in [0.5, 0.6) is 0 Å². The third kappa shape index (κ3) is 2.49. The Labute approximate surface area is 94.6 Å². The van der Waals surface area contributed by atoms with Crippen LogP contribution in [-0.4, -0.2) is 0 Å². The molecule has 0 atom stereocenters. The average molecular weight is 212 g/mol. The smallest absolute Gasteiger partial charge is 0.0345 e. The molecular formula is C14H12S. The van der Waals surface area contributed by atoms with Gasteiger partial charge in [0.05, 0.1) is 0 Å². The SMILES string of the molecule is C#CCCc1ccc(-c2ccccc2)s1. The van der Waals surface area contributed by atoms with E-state index in [9.17, 15) is 0 Å². The van der Waals surface area contributed by atoms with Crippen molar-refractivity contribution in [3.63, 3.8) is 0 Å². The molecule has 1 heterocycles. The topological polar surface area (TPSA) is 0 Å². The van der Waals surface area contributed by atoms with Gasteiger partial charge in [0, 0.05) is 16.2 Å². The largest absolute Gasteiger partial charge is 0.140 e. The van der Waals surface area contributed by atoms with Gasteiger partial charge in [-0.1, -0.05) is 30.3 Å². The van der Waals surface area contributed by atoms with Crippen molar-refractivity contribution in [2.45, 2.75) is 12.8 Å². The first kappa shape index (κ1) is 10.0. The summed E-state index contributed by atoms with van der Waals surface area (Å²) >= 11 is 1.83. The minimum absolute atomic E-state index is 0.828. The van der Waals surface area contributed by atoms with Crippen LogP contribution in [0.1, 0.15) is 11.3 Å². The van der Waals surface area contributed by atoms with Gasteiger partial charge in [-0.15, -0.1) is 23.7 Å². The molecule has 0 unspecified atom stereocenters. The van der Waals surface area contributed by atoms with Crippen molar-refractivity contribution in [1.29, 1.82) is 0 Å². The summed E-state index contributed by atoms with van der Waals surface area (Å²) in [6, 6.07) is 14.8. The van der Waals surface area contributed by atoms with Crippen LogP contribution in [0.2, 0.25) is 0 Å². The molecule has 0 aliphatic carbocycles. The van der Waals surface area contributed by atoms with Crippen LogP contribution in [0.4, 0.5) is 0 Å². The van der Waals surface area contributed by atoms with Crippen molar-refractivity contribution in [2.75, 3.05) is 0 Å². The number of terminal acetylenes is 1. The van der Waals surface area contributed by atoms with Crippen molar-refractivity contribution in [2.24, 2.45) is 0 Å². The van der Waals surface area contributed by atoms with E-state index >= 15 is 0 Å². The van der Waals surface area contributed by atoms with Gasteiger partial charge in [-0.05, 0) is 24.1 Å². The van der Waals surface area contributed by atoms with Crippen molar-refractivity contribution in [3.05, 3.63) is 47.3 Å². The molecule has 2 rings (SSSR count). The molecule has 0 radical (unpaired) electrons. The third-order valence-electron chi connectivity index (χ3n) is 2.24. The number of hydrogen-bond acceptors (Lipinski definition) is 1. The van der Waals surface area contributed by atoms with E-state index < -0.39 is 0 Å². The Morgan fingerprint density at radius 3 is 2.60 bits per heavy atom. The van der Waals surface area contributed by atoms with Gasteiger partial charge in [0.15, 0.2) is 0 Å². The Hall–Kier alpha value is -1.52. The van der Waals surface area contributed by atoms with Crippen LogP contribution < -0.4 is 0 Å². The zero-order valence-corrected chi connectivity index (χ0v) is 9.26. The Bertz CT molecular complexity index is 460. The van der Waals surface area contributed by atoms with Crippen LogP contribution >= 0.6 is 11.3 Å². The van der Waals surface area contributed by atoms with E-state index in [1.165, 1.54) is 15.3 Å². The van der Waals surface area contributed by atoms with E-state index in [4.69, 9.17) is 6.42 Å². The zero-order valence-electron chi connectivity index (χ0n) is 8.44. The highest BCUT2D eigenvalue weighted by Crippen LogP contribution is 2.28. The highest BCUT2D eigenvalue weighted by atomic mass is 32.1. The van der Waals surface area contributed by atoms with E-state index in [1.54, 1.807) is 0 Å². The maximum absolute atomic E-state index is 5.25. The van der Waals surface area contributed by atoms with E-state index in [1.807, 2.05) is 17.4 Å². The van der Waals surface area contributed by atoms with E-state index in [-0.39, 0.29) is 0 Å². The highest BCUT2D eigenvalue weighted by molar-refractivity contribution is 7.15. The third-order valence-corrected chi connectivity index (χ3v) is 3.43. The second-order valence-corrected chi connectivity index (χ2v) is 4.50. The van der Waals surface area contributed by atoms with Crippen molar-refractivity contribution in [1.82, 2.24) is 0 Å². The fraction of sp³-hybridized carbons (Fsp3) is 0.143. The lowest BCUT2D eigenvalue weighted by Crippen LogP contribution is -1.74. The molecule has 2 aromatic rings. The zero-order chi connectivity index (χ0) is 10.5. The number of thiophene rings is 1. The van der Waals surface area contributed by atoms with Crippen molar-refractivity contribution < 1.29 is 0 Å². The van der Waals surface area contributed by atoms with Crippen molar-refractivity contribution in [3.8, 4) is 22.8 Å². The first-order valence-electron chi connectivity index (χ1n) is 4.98. The van der Waals surface area contributed by atoms with Gasteiger partial charge in [-0.3, -0.25) is 0 Å². The maximum Gasteiger partial charge on any atom is 0.0345 e. The molecule has 0 amide bonds. The number of hydrogen-bond donors (Lipinski definition) is 0. The predicted molar refractivity (Wildman–Crippen MR) is 66.9 cm³/mol. The normalized spacial score (nSPS) is 9.80. The summed E-state index contributed by atoms with van der Waals surface area (Å²) in [6.45, 7) is 0. The Kier molecular flexibility index (Phi) is 3.22.